The molecular weight excluding hydrogens is 315 g/mol. The van der Waals surface area contributed by atoms with E-state index < -0.39 is 28.4 Å². The third-order valence-corrected chi connectivity index (χ3v) is 2.61. The SMILES string of the molecule is O=C(CBr)c1cc(F)c(C(F)(F)F)cc1Cl. The van der Waals surface area contributed by atoms with Crippen LogP contribution < -0.4 is 0 Å². The van der Waals surface area contributed by atoms with Gasteiger partial charge in [-0.1, -0.05) is 27.5 Å². The Morgan fingerprint density at radius 3 is 2.38 bits per heavy atom. The van der Waals surface area contributed by atoms with E-state index in [9.17, 15) is 22.4 Å². The second kappa shape index (κ2) is 4.71. The summed E-state index contributed by atoms with van der Waals surface area (Å²) in [7, 11) is 0. The van der Waals surface area contributed by atoms with E-state index in [1.54, 1.807) is 0 Å². The second-order valence-electron chi connectivity index (χ2n) is 2.87. The smallest absolute Gasteiger partial charge is 0.293 e. The molecule has 0 amide bonds. The molecule has 0 N–H and O–H groups in total. The first-order valence-electron chi connectivity index (χ1n) is 3.92. The Hall–Kier alpha value is -0.620. The van der Waals surface area contributed by atoms with E-state index in [2.05, 4.69) is 15.9 Å². The molecule has 1 rings (SSSR count). The van der Waals surface area contributed by atoms with Gasteiger partial charge in [0, 0.05) is 5.56 Å². The number of halogens is 6. The lowest BCUT2D eigenvalue weighted by Gasteiger charge is -2.10. The summed E-state index contributed by atoms with van der Waals surface area (Å²) in [5.74, 6) is -2.10. The maximum absolute atomic E-state index is 13.1. The van der Waals surface area contributed by atoms with Crippen LogP contribution in [0.4, 0.5) is 17.6 Å². The number of carbonyl (C=O) groups is 1. The predicted octanol–water partition coefficient (Wildman–Crippen LogP) is 4.08. The highest BCUT2D eigenvalue weighted by atomic mass is 79.9. The summed E-state index contributed by atoms with van der Waals surface area (Å²) in [4.78, 5) is 11.2. The highest BCUT2D eigenvalue weighted by Gasteiger charge is 2.35. The van der Waals surface area contributed by atoms with Crippen LogP contribution in [-0.4, -0.2) is 11.1 Å². The minimum Gasteiger partial charge on any atom is -0.293 e. The van der Waals surface area contributed by atoms with Crippen molar-refractivity contribution in [3.8, 4) is 0 Å². The van der Waals surface area contributed by atoms with E-state index >= 15 is 0 Å². The molecule has 0 saturated carbocycles. The molecule has 0 atom stereocenters. The highest BCUT2D eigenvalue weighted by Crippen LogP contribution is 2.34. The zero-order chi connectivity index (χ0) is 12.5. The molecule has 0 fully saturated rings. The Balaban J connectivity index is 3.33. The molecule has 1 aromatic carbocycles. The van der Waals surface area contributed by atoms with E-state index in [1.807, 2.05) is 0 Å². The molecule has 0 heterocycles. The molecule has 0 unspecified atom stereocenters. The molecule has 0 aliphatic heterocycles. The van der Waals surface area contributed by atoms with Gasteiger partial charge in [0.1, 0.15) is 5.82 Å². The topological polar surface area (TPSA) is 17.1 Å². The van der Waals surface area contributed by atoms with Crippen molar-refractivity contribution >= 4 is 33.3 Å². The fourth-order valence-corrected chi connectivity index (χ4v) is 1.62. The van der Waals surface area contributed by atoms with Crippen LogP contribution in [0.5, 0.6) is 0 Å². The van der Waals surface area contributed by atoms with Gasteiger partial charge in [0.25, 0.3) is 0 Å². The van der Waals surface area contributed by atoms with Gasteiger partial charge >= 0.3 is 6.18 Å². The maximum Gasteiger partial charge on any atom is 0.419 e. The van der Waals surface area contributed by atoms with E-state index in [1.165, 1.54) is 0 Å². The van der Waals surface area contributed by atoms with Crippen molar-refractivity contribution in [3.63, 3.8) is 0 Å². The lowest BCUT2D eigenvalue weighted by Crippen LogP contribution is -2.11. The van der Waals surface area contributed by atoms with Crippen LogP contribution in [0.3, 0.4) is 0 Å². The molecule has 0 bridgehead atoms. The number of Topliss-reactive ketones (excluding diaryl/α,β-unsaturated/α-hetero) is 1. The zero-order valence-corrected chi connectivity index (χ0v) is 9.88. The van der Waals surface area contributed by atoms with E-state index in [4.69, 9.17) is 11.6 Å². The standard InChI is InChI=1S/C9H4BrClF4O/c10-3-8(16)4-1-7(12)5(2-6(4)11)9(13,14)15/h1-2H,3H2. The van der Waals surface area contributed by atoms with Crippen LogP contribution >= 0.6 is 27.5 Å². The summed E-state index contributed by atoms with van der Waals surface area (Å²) >= 11 is 8.29. The lowest BCUT2D eigenvalue weighted by atomic mass is 10.1. The van der Waals surface area contributed by atoms with Gasteiger partial charge in [0.05, 0.1) is 15.9 Å². The first-order valence-corrected chi connectivity index (χ1v) is 5.42. The van der Waals surface area contributed by atoms with Crippen molar-refractivity contribution in [1.82, 2.24) is 0 Å². The fraction of sp³-hybridized carbons (Fsp3) is 0.222. The fourth-order valence-electron chi connectivity index (χ4n) is 1.05. The molecule has 0 spiro atoms. The van der Waals surface area contributed by atoms with Gasteiger partial charge in [-0.2, -0.15) is 13.2 Å². The Kier molecular flexibility index (Phi) is 3.96. The van der Waals surface area contributed by atoms with Gasteiger partial charge in [-0.3, -0.25) is 4.79 Å². The minimum absolute atomic E-state index is 0.141. The molecule has 7 heteroatoms. The van der Waals surface area contributed by atoms with Crippen LogP contribution in [-0.2, 0) is 6.18 Å². The van der Waals surface area contributed by atoms with Gasteiger partial charge in [-0.25, -0.2) is 4.39 Å². The molecule has 0 radical (unpaired) electrons. The van der Waals surface area contributed by atoms with Gasteiger partial charge in [-0.15, -0.1) is 0 Å². The van der Waals surface area contributed by atoms with E-state index in [-0.39, 0.29) is 10.9 Å². The summed E-state index contributed by atoms with van der Waals surface area (Å²) in [5, 5.41) is -0.560. The number of rotatable bonds is 2. The largest absolute Gasteiger partial charge is 0.419 e. The number of hydrogen-bond donors (Lipinski definition) is 0. The molecule has 0 aliphatic carbocycles. The molecule has 0 aliphatic rings. The number of hydrogen-bond acceptors (Lipinski definition) is 1. The molecule has 0 aromatic heterocycles. The minimum atomic E-state index is -4.83. The molecule has 0 saturated heterocycles. The van der Waals surface area contributed by atoms with Crippen molar-refractivity contribution in [2.45, 2.75) is 6.18 Å². The van der Waals surface area contributed by atoms with Gasteiger partial charge in [0.15, 0.2) is 5.78 Å². The Morgan fingerprint density at radius 2 is 1.94 bits per heavy atom. The Bertz CT molecular complexity index is 430. The van der Waals surface area contributed by atoms with Gasteiger partial charge in [-0.05, 0) is 12.1 Å². The third kappa shape index (κ3) is 2.74. The summed E-state index contributed by atoms with van der Waals surface area (Å²) < 4.78 is 49.8. The number of ketones is 1. The Morgan fingerprint density at radius 1 is 1.38 bits per heavy atom. The highest BCUT2D eigenvalue weighted by molar-refractivity contribution is 9.09. The lowest BCUT2D eigenvalue weighted by molar-refractivity contribution is -0.140. The summed E-state index contributed by atoms with van der Waals surface area (Å²) in [5.41, 5.74) is -1.76. The number of alkyl halides is 4. The van der Waals surface area contributed by atoms with Crippen LogP contribution in [0, 0.1) is 5.82 Å². The quantitative estimate of drug-likeness (QED) is 0.456. The average molecular weight is 319 g/mol. The molecule has 1 nitrogen and oxygen atoms in total. The molecule has 16 heavy (non-hydrogen) atoms. The van der Waals surface area contributed by atoms with Gasteiger partial charge < -0.3 is 0 Å². The van der Waals surface area contributed by atoms with E-state index in [0.29, 0.717) is 12.1 Å². The normalized spacial score (nSPS) is 11.6. The molecular formula is C9H4BrClF4O. The van der Waals surface area contributed by atoms with Crippen LogP contribution in [0.25, 0.3) is 0 Å². The number of carbonyl (C=O) groups excluding carboxylic acids is 1. The molecule has 88 valence electrons. The van der Waals surface area contributed by atoms with E-state index in [0.717, 1.165) is 0 Å². The number of benzene rings is 1. The first-order chi connectivity index (χ1) is 7.27. The predicted molar refractivity (Wildman–Crippen MR) is 54.5 cm³/mol. The first kappa shape index (κ1) is 13.4. The molecule has 1 aromatic rings. The van der Waals surface area contributed by atoms with Crippen LogP contribution in [0.15, 0.2) is 12.1 Å². The van der Waals surface area contributed by atoms with Crippen molar-refractivity contribution in [2.24, 2.45) is 0 Å². The maximum atomic E-state index is 13.1. The summed E-state index contributed by atoms with van der Waals surface area (Å²) in [6, 6.07) is 0.904. The third-order valence-electron chi connectivity index (χ3n) is 1.78. The van der Waals surface area contributed by atoms with Crippen molar-refractivity contribution in [1.29, 1.82) is 0 Å². The summed E-state index contributed by atoms with van der Waals surface area (Å²) in [6.07, 6.45) is -4.83. The summed E-state index contributed by atoms with van der Waals surface area (Å²) in [6.45, 7) is 0. The van der Waals surface area contributed by atoms with Crippen molar-refractivity contribution < 1.29 is 22.4 Å². The van der Waals surface area contributed by atoms with Crippen LogP contribution in [0.2, 0.25) is 5.02 Å². The van der Waals surface area contributed by atoms with Gasteiger partial charge in [0.2, 0.25) is 0 Å². The Labute approximate surface area is 102 Å². The van der Waals surface area contributed by atoms with Crippen molar-refractivity contribution in [3.05, 3.63) is 34.1 Å². The second-order valence-corrected chi connectivity index (χ2v) is 3.83. The van der Waals surface area contributed by atoms with Crippen LogP contribution in [0.1, 0.15) is 15.9 Å². The van der Waals surface area contributed by atoms with Crippen molar-refractivity contribution in [2.75, 3.05) is 5.33 Å². The average Bonchev–Trinajstić information content (AvgIpc) is 2.18. The zero-order valence-electron chi connectivity index (χ0n) is 7.54. The monoisotopic (exact) mass is 318 g/mol.